The molecule has 0 unspecified atom stereocenters. The summed E-state index contributed by atoms with van der Waals surface area (Å²) in [6.07, 6.45) is 3.50. The van der Waals surface area contributed by atoms with Crippen molar-refractivity contribution >= 4 is 23.4 Å². The van der Waals surface area contributed by atoms with E-state index >= 15 is 0 Å². The molecule has 2 heterocycles. The number of nitrogens with zero attached hydrogens (tertiary/aromatic N) is 4. The van der Waals surface area contributed by atoms with E-state index in [0.717, 1.165) is 33.7 Å². The van der Waals surface area contributed by atoms with Crippen molar-refractivity contribution in [2.75, 3.05) is 7.11 Å². The monoisotopic (exact) mass is 408 g/mol. The Bertz CT molecular complexity index is 1050. The van der Waals surface area contributed by atoms with Crippen LogP contribution in [0.15, 0.2) is 78.2 Å². The number of benzene rings is 2. The third-order valence-corrected chi connectivity index (χ3v) is 5.44. The summed E-state index contributed by atoms with van der Waals surface area (Å²) in [6, 6.07) is 19.5. The number of hydrogen-bond acceptors (Lipinski definition) is 5. The summed E-state index contributed by atoms with van der Waals surface area (Å²) in [7, 11) is 1.67. The van der Waals surface area contributed by atoms with Gasteiger partial charge in [-0.05, 0) is 54.1 Å². The van der Waals surface area contributed by atoms with Gasteiger partial charge in [0.2, 0.25) is 0 Å². The summed E-state index contributed by atoms with van der Waals surface area (Å²) < 4.78 is 7.26. The Hall–Kier alpha value is -2.83. The number of methoxy groups -OCH3 is 1. The molecule has 0 radical (unpaired) electrons. The molecule has 0 saturated carbocycles. The minimum Gasteiger partial charge on any atom is -0.497 e. The molecule has 0 saturated heterocycles. The van der Waals surface area contributed by atoms with Crippen molar-refractivity contribution in [2.45, 2.75) is 10.9 Å². The van der Waals surface area contributed by atoms with Gasteiger partial charge in [-0.2, -0.15) is 0 Å². The molecule has 7 heteroatoms. The zero-order chi connectivity index (χ0) is 19.3. The van der Waals surface area contributed by atoms with E-state index in [9.17, 15) is 0 Å². The van der Waals surface area contributed by atoms with Crippen LogP contribution in [-0.2, 0) is 5.75 Å². The van der Waals surface area contributed by atoms with Crippen molar-refractivity contribution in [1.29, 1.82) is 0 Å². The Morgan fingerprint density at radius 3 is 2.32 bits per heavy atom. The molecule has 0 bridgehead atoms. The van der Waals surface area contributed by atoms with Crippen molar-refractivity contribution in [3.05, 3.63) is 83.6 Å². The molecule has 0 N–H and O–H groups in total. The number of pyridine rings is 1. The topological polar surface area (TPSA) is 52.8 Å². The number of halogens is 1. The SMILES string of the molecule is COc1ccc(CSc2nnc(-c3ccncc3)n2-c2ccc(Cl)cc2)cc1. The number of ether oxygens (including phenoxy) is 1. The minimum atomic E-state index is 0.690. The standard InChI is InChI=1S/C21H17ClN4OS/c1-27-19-8-2-15(3-9-19)14-28-21-25-24-20(16-10-12-23-13-11-16)26(21)18-6-4-17(22)5-7-18/h2-13H,14H2,1H3. The van der Waals surface area contributed by atoms with Gasteiger partial charge in [0.05, 0.1) is 7.11 Å². The fourth-order valence-corrected chi connectivity index (χ4v) is 3.78. The highest BCUT2D eigenvalue weighted by Gasteiger charge is 2.16. The van der Waals surface area contributed by atoms with Crippen LogP contribution in [0.1, 0.15) is 5.56 Å². The normalized spacial score (nSPS) is 10.8. The number of rotatable bonds is 6. The second kappa shape index (κ2) is 8.46. The van der Waals surface area contributed by atoms with Gasteiger partial charge in [0.25, 0.3) is 0 Å². The summed E-state index contributed by atoms with van der Waals surface area (Å²) in [5.41, 5.74) is 3.09. The van der Waals surface area contributed by atoms with Gasteiger partial charge >= 0.3 is 0 Å². The lowest BCUT2D eigenvalue weighted by molar-refractivity contribution is 0.414. The van der Waals surface area contributed by atoms with Crippen molar-refractivity contribution < 1.29 is 4.74 Å². The van der Waals surface area contributed by atoms with Crippen LogP contribution in [0.3, 0.4) is 0 Å². The van der Waals surface area contributed by atoms with Crippen molar-refractivity contribution in [3.63, 3.8) is 0 Å². The highest BCUT2D eigenvalue weighted by atomic mass is 35.5. The average Bonchev–Trinajstić information content (AvgIpc) is 3.18. The quantitative estimate of drug-likeness (QED) is 0.406. The molecule has 0 amide bonds. The predicted molar refractivity (Wildman–Crippen MR) is 112 cm³/mol. The lowest BCUT2D eigenvalue weighted by atomic mass is 10.2. The van der Waals surface area contributed by atoms with E-state index in [1.54, 1.807) is 31.3 Å². The van der Waals surface area contributed by atoms with E-state index in [1.165, 1.54) is 5.56 Å². The fourth-order valence-electron chi connectivity index (χ4n) is 2.74. The third kappa shape index (κ3) is 4.03. The van der Waals surface area contributed by atoms with Gasteiger partial charge in [-0.3, -0.25) is 9.55 Å². The fraction of sp³-hybridized carbons (Fsp3) is 0.0952. The molecule has 0 aliphatic rings. The minimum absolute atomic E-state index is 0.690. The molecule has 2 aromatic carbocycles. The lowest BCUT2D eigenvalue weighted by Crippen LogP contribution is -1.99. The summed E-state index contributed by atoms with van der Waals surface area (Å²) in [4.78, 5) is 4.09. The Morgan fingerprint density at radius 1 is 0.929 bits per heavy atom. The second-order valence-corrected chi connectivity index (χ2v) is 7.37. The summed E-state index contributed by atoms with van der Waals surface area (Å²) >= 11 is 7.70. The predicted octanol–water partition coefficient (Wildman–Crippen LogP) is 5.28. The van der Waals surface area contributed by atoms with Gasteiger partial charge < -0.3 is 4.74 Å². The molecule has 28 heavy (non-hydrogen) atoms. The number of hydrogen-bond donors (Lipinski definition) is 0. The van der Waals surface area contributed by atoms with Crippen LogP contribution in [0.5, 0.6) is 5.75 Å². The maximum absolute atomic E-state index is 6.07. The molecular weight excluding hydrogens is 392 g/mol. The molecule has 4 rings (SSSR count). The Kier molecular flexibility index (Phi) is 5.60. The molecular formula is C21H17ClN4OS. The molecule has 0 aliphatic carbocycles. The molecule has 0 fully saturated rings. The molecule has 140 valence electrons. The van der Waals surface area contributed by atoms with Crippen LogP contribution in [0.25, 0.3) is 17.1 Å². The Labute approximate surface area is 172 Å². The van der Waals surface area contributed by atoms with E-state index in [-0.39, 0.29) is 0 Å². The van der Waals surface area contributed by atoms with Crippen LogP contribution < -0.4 is 4.74 Å². The summed E-state index contributed by atoms with van der Waals surface area (Å²) in [6.45, 7) is 0. The van der Waals surface area contributed by atoms with Gasteiger partial charge in [0, 0.05) is 34.4 Å². The van der Waals surface area contributed by atoms with E-state index in [0.29, 0.717) is 5.02 Å². The van der Waals surface area contributed by atoms with Crippen LogP contribution in [-0.4, -0.2) is 26.9 Å². The zero-order valence-electron chi connectivity index (χ0n) is 15.1. The molecule has 2 aromatic heterocycles. The van der Waals surface area contributed by atoms with E-state index in [4.69, 9.17) is 16.3 Å². The van der Waals surface area contributed by atoms with E-state index in [1.807, 2.05) is 53.1 Å². The van der Waals surface area contributed by atoms with Crippen LogP contribution in [0.2, 0.25) is 5.02 Å². The first kappa shape index (κ1) is 18.5. The summed E-state index contributed by atoms with van der Waals surface area (Å²) in [5.74, 6) is 2.38. The lowest BCUT2D eigenvalue weighted by Gasteiger charge is -2.10. The first-order valence-electron chi connectivity index (χ1n) is 8.62. The smallest absolute Gasteiger partial charge is 0.196 e. The molecule has 0 aliphatic heterocycles. The van der Waals surface area contributed by atoms with Gasteiger partial charge in [-0.15, -0.1) is 10.2 Å². The molecule has 4 aromatic rings. The van der Waals surface area contributed by atoms with Gasteiger partial charge in [-0.25, -0.2) is 0 Å². The first-order chi connectivity index (χ1) is 13.7. The van der Waals surface area contributed by atoms with Crippen LogP contribution >= 0.6 is 23.4 Å². The Morgan fingerprint density at radius 2 is 1.64 bits per heavy atom. The molecule has 0 atom stereocenters. The average molecular weight is 409 g/mol. The second-order valence-electron chi connectivity index (χ2n) is 5.99. The molecule has 0 spiro atoms. The maximum Gasteiger partial charge on any atom is 0.196 e. The van der Waals surface area contributed by atoms with Crippen molar-refractivity contribution in [1.82, 2.24) is 19.7 Å². The highest BCUT2D eigenvalue weighted by molar-refractivity contribution is 7.98. The van der Waals surface area contributed by atoms with Gasteiger partial charge in [0.1, 0.15) is 5.75 Å². The van der Waals surface area contributed by atoms with Crippen molar-refractivity contribution in [3.8, 4) is 22.8 Å². The van der Waals surface area contributed by atoms with Crippen LogP contribution in [0, 0.1) is 0 Å². The van der Waals surface area contributed by atoms with Gasteiger partial charge in [-0.1, -0.05) is 35.5 Å². The molecule has 5 nitrogen and oxygen atoms in total. The number of thioether (sulfide) groups is 1. The number of aromatic nitrogens is 4. The largest absolute Gasteiger partial charge is 0.497 e. The Balaban J connectivity index is 1.68. The van der Waals surface area contributed by atoms with E-state index < -0.39 is 0 Å². The zero-order valence-corrected chi connectivity index (χ0v) is 16.7. The summed E-state index contributed by atoms with van der Waals surface area (Å²) in [5, 5.41) is 10.4. The van der Waals surface area contributed by atoms with Crippen LogP contribution in [0.4, 0.5) is 0 Å². The highest BCUT2D eigenvalue weighted by Crippen LogP contribution is 2.30. The van der Waals surface area contributed by atoms with Gasteiger partial charge in [0.15, 0.2) is 11.0 Å². The maximum atomic E-state index is 6.07. The third-order valence-electron chi connectivity index (χ3n) is 4.18. The first-order valence-corrected chi connectivity index (χ1v) is 9.98. The van der Waals surface area contributed by atoms with Crippen molar-refractivity contribution in [2.24, 2.45) is 0 Å². The van der Waals surface area contributed by atoms with E-state index in [2.05, 4.69) is 27.3 Å².